The Morgan fingerprint density at radius 1 is 1.26 bits per heavy atom. The Hall–Kier alpha value is -0.850. The van der Waals surface area contributed by atoms with Gasteiger partial charge in [-0.15, -0.1) is 24.8 Å². The number of rotatable bonds is 6. The zero-order chi connectivity index (χ0) is 15.1. The fraction of sp³-hybridized carbons (Fsp3) is 0.562. The van der Waals surface area contributed by atoms with Crippen LogP contribution >= 0.6 is 24.8 Å². The van der Waals surface area contributed by atoms with Crippen LogP contribution in [0, 0.1) is 0 Å². The van der Waals surface area contributed by atoms with E-state index in [9.17, 15) is 4.79 Å². The van der Waals surface area contributed by atoms with Crippen molar-refractivity contribution in [1.29, 1.82) is 0 Å². The molecular formula is C16H27Cl2N3O2. The molecule has 3 N–H and O–H groups in total. The molecule has 1 fully saturated rings. The molecule has 1 unspecified atom stereocenters. The fourth-order valence-corrected chi connectivity index (χ4v) is 2.43. The van der Waals surface area contributed by atoms with E-state index in [1.54, 1.807) is 6.92 Å². The topological polar surface area (TPSA) is 67.6 Å². The summed E-state index contributed by atoms with van der Waals surface area (Å²) in [6.07, 6.45) is 0.927. The van der Waals surface area contributed by atoms with Crippen molar-refractivity contribution in [3.05, 3.63) is 35.9 Å². The van der Waals surface area contributed by atoms with Crippen molar-refractivity contribution < 1.29 is 9.53 Å². The van der Waals surface area contributed by atoms with Gasteiger partial charge in [-0.2, -0.15) is 0 Å². The minimum atomic E-state index is -0.986. The van der Waals surface area contributed by atoms with Crippen molar-refractivity contribution >= 4 is 30.7 Å². The number of carbonyl (C=O) groups excluding carboxylic acids is 1. The summed E-state index contributed by atoms with van der Waals surface area (Å²) in [5, 5.41) is 2.94. The summed E-state index contributed by atoms with van der Waals surface area (Å²) < 4.78 is 5.31. The average Bonchev–Trinajstić information content (AvgIpc) is 2.53. The summed E-state index contributed by atoms with van der Waals surface area (Å²) in [7, 11) is 0. The average molecular weight is 364 g/mol. The molecule has 0 spiro atoms. The quantitative estimate of drug-likeness (QED) is 0.752. The molecule has 1 atom stereocenters. The highest BCUT2D eigenvalue weighted by Gasteiger charge is 2.29. The molecule has 0 bridgehead atoms. The zero-order valence-electron chi connectivity index (χ0n) is 13.5. The highest BCUT2D eigenvalue weighted by atomic mass is 35.5. The van der Waals surface area contributed by atoms with E-state index < -0.39 is 5.54 Å². The Kier molecular flexibility index (Phi) is 10.4. The van der Waals surface area contributed by atoms with Gasteiger partial charge in [0.25, 0.3) is 0 Å². The molecule has 0 aliphatic carbocycles. The van der Waals surface area contributed by atoms with Gasteiger partial charge in [-0.25, -0.2) is 0 Å². The molecule has 0 aromatic heterocycles. The number of hydrogen-bond acceptors (Lipinski definition) is 4. The third-order valence-corrected chi connectivity index (χ3v) is 3.89. The summed E-state index contributed by atoms with van der Waals surface area (Å²) in [5.74, 6) is -0.129. The standard InChI is InChI=1S/C16H25N3O2.2ClH/c1-16(17,14-6-3-2-4-7-14)15(20)18-8-5-9-19-10-12-21-13-11-19;;/h2-4,6-7H,5,8-13,17H2,1H3,(H,18,20);2*1H. The van der Waals surface area contributed by atoms with Crippen LogP contribution < -0.4 is 11.1 Å². The number of carbonyl (C=O) groups is 1. The molecule has 1 amide bonds. The SMILES string of the molecule is CC(N)(C(=O)NCCCN1CCOCC1)c1ccccc1.Cl.Cl. The molecule has 1 heterocycles. The molecule has 1 saturated heterocycles. The predicted molar refractivity (Wildman–Crippen MR) is 97.4 cm³/mol. The van der Waals surface area contributed by atoms with Crippen molar-refractivity contribution in [3.8, 4) is 0 Å². The van der Waals surface area contributed by atoms with Crippen LogP contribution in [-0.2, 0) is 15.1 Å². The molecule has 1 aliphatic heterocycles. The van der Waals surface area contributed by atoms with E-state index in [0.717, 1.165) is 44.8 Å². The van der Waals surface area contributed by atoms with Gasteiger partial charge >= 0.3 is 0 Å². The molecule has 1 aromatic carbocycles. The molecule has 0 saturated carbocycles. The van der Waals surface area contributed by atoms with Crippen LogP contribution in [-0.4, -0.2) is 50.2 Å². The van der Waals surface area contributed by atoms with Gasteiger partial charge in [0, 0.05) is 19.6 Å². The molecule has 132 valence electrons. The van der Waals surface area contributed by atoms with Crippen LogP contribution in [0.2, 0.25) is 0 Å². The van der Waals surface area contributed by atoms with Crippen LogP contribution in [0.1, 0.15) is 18.9 Å². The van der Waals surface area contributed by atoms with Gasteiger partial charge in [0.15, 0.2) is 0 Å². The number of nitrogens with one attached hydrogen (secondary N) is 1. The second-order valence-electron chi connectivity index (χ2n) is 5.63. The first kappa shape index (κ1) is 22.1. The maximum absolute atomic E-state index is 12.2. The fourth-order valence-electron chi connectivity index (χ4n) is 2.43. The summed E-state index contributed by atoms with van der Waals surface area (Å²) >= 11 is 0. The number of amides is 1. The summed E-state index contributed by atoms with van der Waals surface area (Å²) in [6.45, 7) is 6.95. The smallest absolute Gasteiger partial charge is 0.244 e. The molecule has 1 aromatic rings. The number of nitrogens with two attached hydrogens (primary N) is 1. The molecular weight excluding hydrogens is 337 g/mol. The third kappa shape index (κ3) is 6.65. The maximum atomic E-state index is 12.2. The zero-order valence-corrected chi connectivity index (χ0v) is 15.1. The van der Waals surface area contributed by atoms with Crippen molar-refractivity contribution in [2.75, 3.05) is 39.4 Å². The summed E-state index contributed by atoms with van der Waals surface area (Å²) in [5.41, 5.74) is 6.01. The van der Waals surface area contributed by atoms with Crippen molar-refractivity contribution in [2.45, 2.75) is 18.9 Å². The Morgan fingerprint density at radius 3 is 2.48 bits per heavy atom. The molecule has 5 nitrogen and oxygen atoms in total. The van der Waals surface area contributed by atoms with E-state index >= 15 is 0 Å². The first-order valence-electron chi connectivity index (χ1n) is 7.53. The van der Waals surface area contributed by atoms with Crippen LogP contribution in [0.15, 0.2) is 30.3 Å². The lowest BCUT2D eigenvalue weighted by atomic mass is 9.92. The number of ether oxygens (including phenoxy) is 1. The number of hydrogen-bond donors (Lipinski definition) is 2. The van der Waals surface area contributed by atoms with E-state index in [2.05, 4.69) is 10.2 Å². The maximum Gasteiger partial charge on any atom is 0.244 e. The normalized spacial score (nSPS) is 17.3. The number of halogens is 2. The van der Waals surface area contributed by atoms with Gasteiger partial charge in [-0.1, -0.05) is 30.3 Å². The monoisotopic (exact) mass is 363 g/mol. The van der Waals surface area contributed by atoms with Crippen LogP contribution in [0.4, 0.5) is 0 Å². The molecule has 2 rings (SSSR count). The second kappa shape index (κ2) is 10.8. The molecule has 23 heavy (non-hydrogen) atoms. The third-order valence-electron chi connectivity index (χ3n) is 3.89. The Balaban J connectivity index is 0.00000242. The van der Waals surface area contributed by atoms with E-state index in [-0.39, 0.29) is 30.7 Å². The van der Waals surface area contributed by atoms with Gasteiger partial charge in [-0.05, 0) is 25.5 Å². The second-order valence-corrected chi connectivity index (χ2v) is 5.63. The number of nitrogens with zero attached hydrogens (tertiary/aromatic N) is 1. The number of morpholine rings is 1. The highest BCUT2D eigenvalue weighted by Crippen LogP contribution is 2.17. The first-order chi connectivity index (χ1) is 10.1. The van der Waals surface area contributed by atoms with Gasteiger partial charge < -0.3 is 15.8 Å². The first-order valence-corrected chi connectivity index (χ1v) is 7.53. The van der Waals surface area contributed by atoms with E-state index in [1.165, 1.54) is 0 Å². The van der Waals surface area contributed by atoms with Crippen molar-refractivity contribution in [3.63, 3.8) is 0 Å². The molecule has 0 radical (unpaired) electrons. The van der Waals surface area contributed by atoms with Crippen LogP contribution in [0.5, 0.6) is 0 Å². The van der Waals surface area contributed by atoms with Crippen molar-refractivity contribution in [2.24, 2.45) is 5.73 Å². The molecule has 1 aliphatic rings. The Morgan fingerprint density at radius 2 is 1.87 bits per heavy atom. The molecule has 7 heteroatoms. The lowest BCUT2D eigenvalue weighted by Crippen LogP contribution is -2.49. The minimum Gasteiger partial charge on any atom is -0.379 e. The van der Waals surface area contributed by atoms with Gasteiger partial charge in [0.2, 0.25) is 5.91 Å². The van der Waals surface area contributed by atoms with E-state index in [0.29, 0.717) is 6.54 Å². The Labute approximate surface area is 150 Å². The van der Waals surface area contributed by atoms with Gasteiger partial charge in [0.1, 0.15) is 5.54 Å². The summed E-state index contributed by atoms with van der Waals surface area (Å²) in [6, 6.07) is 9.47. The minimum absolute atomic E-state index is 0. The van der Waals surface area contributed by atoms with Crippen molar-refractivity contribution in [1.82, 2.24) is 10.2 Å². The lowest BCUT2D eigenvalue weighted by Gasteiger charge is -2.27. The van der Waals surface area contributed by atoms with Gasteiger partial charge in [-0.3, -0.25) is 9.69 Å². The highest BCUT2D eigenvalue weighted by molar-refractivity contribution is 5.87. The lowest BCUT2D eigenvalue weighted by molar-refractivity contribution is -0.126. The largest absolute Gasteiger partial charge is 0.379 e. The predicted octanol–water partition coefficient (Wildman–Crippen LogP) is 1.54. The van der Waals surface area contributed by atoms with Crippen LogP contribution in [0.3, 0.4) is 0 Å². The van der Waals surface area contributed by atoms with Crippen LogP contribution in [0.25, 0.3) is 0 Å². The van der Waals surface area contributed by atoms with E-state index in [4.69, 9.17) is 10.5 Å². The number of benzene rings is 1. The summed E-state index contributed by atoms with van der Waals surface area (Å²) in [4.78, 5) is 14.6. The van der Waals surface area contributed by atoms with Gasteiger partial charge in [0.05, 0.1) is 13.2 Å². The Bertz CT molecular complexity index is 452. The van der Waals surface area contributed by atoms with E-state index in [1.807, 2.05) is 30.3 Å².